The summed E-state index contributed by atoms with van der Waals surface area (Å²) >= 11 is 0. The van der Waals surface area contributed by atoms with Crippen LogP contribution in [0.5, 0.6) is 5.75 Å². The monoisotopic (exact) mass is 260 g/mol. The summed E-state index contributed by atoms with van der Waals surface area (Å²) in [4.78, 5) is 12.4. The van der Waals surface area contributed by atoms with Crippen LogP contribution in [0.3, 0.4) is 0 Å². The van der Waals surface area contributed by atoms with Gasteiger partial charge in [0.2, 0.25) is 0 Å². The Morgan fingerprint density at radius 3 is 3.00 bits per heavy atom. The van der Waals surface area contributed by atoms with E-state index in [0.29, 0.717) is 18.0 Å². The highest BCUT2D eigenvalue weighted by Crippen LogP contribution is 2.20. The van der Waals surface area contributed by atoms with Gasteiger partial charge >= 0.3 is 5.69 Å². The first-order chi connectivity index (χ1) is 9.31. The van der Waals surface area contributed by atoms with Crippen molar-refractivity contribution in [3.05, 3.63) is 40.6 Å². The first-order valence-electron chi connectivity index (χ1n) is 6.34. The molecule has 0 amide bonds. The molecule has 0 radical (unpaired) electrons. The number of nitrogens with one attached hydrogen (secondary N) is 1. The minimum absolute atomic E-state index is 0.108. The van der Waals surface area contributed by atoms with E-state index in [1.807, 2.05) is 24.3 Å². The van der Waals surface area contributed by atoms with E-state index < -0.39 is 0 Å². The topological polar surface area (TPSA) is 61.1 Å². The molecule has 6 nitrogen and oxygen atoms in total. The molecular weight excluding hydrogens is 244 g/mol. The fourth-order valence-electron chi connectivity index (χ4n) is 2.32. The van der Waals surface area contributed by atoms with E-state index in [0.717, 1.165) is 25.3 Å². The Kier molecular flexibility index (Phi) is 3.08. The summed E-state index contributed by atoms with van der Waals surface area (Å²) in [6, 6.07) is 7.41. The number of ether oxygens (including phenoxy) is 1. The van der Waals surface area contributed by atoms with Crippen LogP contribution in [0.1, 0.15) is 5.82 Å². The Morgan fingerprint density at radius 1 is 1.32 bits per heavy atom. The minimum Gasteiger partial charge on any atom is -0.494 e. The smallest absolute Gasteiger partial charge is 0.350 e. The number of methoxy groups -OCH3 is 1. The SMILES string of the molecule is COc1ccccc1-n1nc2n(c1=O)CCNCC2. The molecule has 3 rings (SSSR count). The first kappa shape index (κ1) is 12.0. The fraction of sp³-hybridized carbons (Fsp3) is 0.385. The number of fused-ring (bicyclic) bond motifs is 1. The van der Waals surface area contributed by atoms with E-state index in [1.165, 1.54) is 4.68 Å². The second-order valence-corrected chi connectivity index (χ2v) is 4.43. The molecule has 1 N–H and O–H groups in total. The lowest BCUT2D eigenvalue weighted by atomic mass is 10.3. The number of rotatable bonds is 2. The van der Waals surface area contributed by atoms with Crippen molar-refractivity contribution in [3.63, 3.8) is 0 Å². The molecule has 1 aromatic heterocycles. The third-order valence-corrected chi connectivity index (χ3v) is 3.29. The van der Waals surface area contributed by atoms with Gasteiger partial charge in [-0.2, -0.15) is 4.68 Å². The molecular formula is C13H16N4O2. The van der Waals surface area contributed by atoms with Crippen LogP contribution in [0.25, 0.3) is 5.69 Å². The molecule has 1 aliphatic rings. The van der Waals surface area contributed by atoms with Crippen LogP contribution in [0.15, 0.2) is 29.1 Å². The van der Waals surface area contributed by atoms with Crippen molar-refractivity contribution in [2.45, 2.75) is 13.0 Å². The van der Waals surface area contributed by atoms with Crippen molar-refractivity contribution in [1.82, 2.24) is 19.7 Å². The Morgan fingerprint density at radius 2 is 2.16 bits per heavy atom. The number of para-hydroxylation sites is 2. The molecule has 0 atom stereocenters. The third kappa shape index (κ3) is 2.04. The van der Waals surface area contributed by atoms with E-state index in [4.69, 9.17) is 4.74 Å². The second kappa shape index (κ2) is 4.89. The Bertz CT molecular complexity index is 644. The number of hydrogen-bond acceptors (Lipinski definition) is 4. The van der Waals surface area contributed by atoms with Gasteiger partial charge in [0.25, 0.3) is 0 Å². The summed E-state index contributed by atoms with van der Waals surface area (Å²) < 4.78 is 8.45. The van der Waals surface area contributed by atoms with Gasteiger partial charge in [-0.15, -0.1) is 5.10 Å². The molecule has 6 heteroatoms. The average molecular weight is 260 g/mol. The van der Waals surface area contributed by atoms with Crippen molar-refractivity contribution >= 4 is 0 Å². The maximum atomic E-state index is 12.4. The highest BCUT2D eigenvalue weighted by Gasteiger charge is 2.17. The number of aromatic nitrogens is 3. The van der Waals surface area contributed by atoms with Crippen LogP contribution in [-0.4, -0.2) is 34.5 Å². The first-order valence-corrected chi connectivity index (χ1v) is 6.34. The molecule has 0 saturated carbocycles. The van der Waals surface area contributed by atoms with Gasteiger partial charge in [-0.3, -0.25) is 4.57 Å². The Labute approximate surface area is 110 Å². The zero-order valence-corrected chi connectivity index (χ0v) is 10.8. The summed E-state index contributed by atoms with van der Waals surface area (Å²) in [6.07, 6.45) is 0.761. The summed E-state index contributed by atoms with van der Waals surface area (Å²) in [5, 5.41) is 7.69. The maximum absolute atomic E-state index is 12.4. The number of hydrogen-bond donors (Lipinski definition) is 1. The van der Waals surface area contributed by atoms with Gasteiger partial charge in [0.15, 0.2) is 0 Å². The van der Waals surface area contributed by atoms with Crippen LogP contribution in [-0.2, 0) is 13.0 Å². The largest absolute Gasteiger partial charge is 0.494 e. The molecule has 2 heterocycles. The van der Waals surface area contributed by atoms with E-state index in [9.17, 15) is 4.79 Å². The number of benzene rings is 1. The van der Waals surface area contributed by atoms with E-state index in [2.05, 4.69) is 10.4 Å². The third-order valence-electron chi connectivity index (χ3n) is 3.29. The second-order valence-electron chi connectivity index (χ2n) is 4.43. The molecule has 1 aliphatic heterocycles. The summed E-state index contributed by atoms with van der Waals surface area (Å²) in [7, 11) is 1.59. The summed E-state index contributed by atoms with van der Waals surface area (Å²) in [6.45, 7) is 2.30. The van der Waals surface area contributed by atoms with Gasteiger partial charge in [-0.25, -0.2) is 4.79 Å². The summed E-state index contributed by atoms with van der Waals surface area (Å²) in [5.74, 6) is 1.47. The molecule has 1 aromatic carbocycles. The Balaban J connectivity index is 2.14. The van der Waals surface area contributed by atoms with Crippen LogP contribution in [0.2, 0.25) is 0 Å². The summed E-state index contributed by atoms with van der Waals surface area (Å²) in [5.41, 5.74) is 0.576. The fourth-order valence-corrected chi connectivity index (χ4v) is 2.32. The van der Waals surface area contributed by atoms with Crippen molar-refractivity contribution in [2.75, 3.05) is 20.2 Å². The maximum Gasteiger partial charge on any atom is 0.350 e. The molecule has 0 aliphatic carbocycles. The molecule has 0 fully saturated rings. The van der Waals surface area contributed by atoms with Crippen LogP contribution >= 0.6 is 0 Å². The molecule has 0 unspecified atom stereocenters. The van der Waals surface area contributed by atoms with Gasteiger partial charge in [0.1, 0.15) is 17.3 Å². The van der Waals surface area contributed by atoms with E-state index >= 15 is 0 Å². The predicted octanol–water partition coefficient (Wildman–Crippen LogP) is 0.188. The van der Waals surface area contributed by atoms with Crippen molar-refractivity contribution < 1.29 is 4.74 Å². The number of nitrogens with zero attached hydrogens (tertiary/aromatic N) is 3. The van der Waals surface area contributed by atoms with Crippen molar-refractivity contribution in [2.24, 2.45) is 0 Å². The van der Waals surface area contributed by atoms with E-state index in [-0.39, 0.29) is 5.69 Å². The lowest BCUT2D eigenvalue weighted by Crippen LogP contribution is -2.27. The normalized spacial score (nSPS) is 14.8. The van der Waals surface area contributed by atoms with Crippen LogP contribution < -0.4 is 15.7 Å². The van der Waals surface area contributed by atoms with Crippen molar-refractivity contribution in [1.29, 1.82) is 0 Å². The molecule has 0 spiro atoms. The van der Waals surface area contributed by atoms with Gasteiger partial charge < -0.3 is 10.1 Å². The molecule has 19 heavy (non-hydrogen) atoms. The highest BCUT2D eigenvalue weighted by molar-refractivity contribution is 5.45. The minimum atomic E-state index is -0.108. The van der Waals surface area contributed by atoms with Gasteiger partial charge in [0, 0.05) is 26.1 Å². The predicted molar refractivity (Wildman–Crippen MR) is 70.9 cm³/mol. The standard InChI is InChI=1S/C13H16N4O2/c1-19-11-5-3-2-4-10(11)17-13(18)16-9-8-14-7-6-12(16)15-17/h2-5,14H,6-9H2,1H3. The zero-order chi connectivity index (χ0) is 13.2. The van der Waals surface area contributed by atoms with Gasteiger partial charge in [0.05, 0.1) is 7.11 Å². The zero-order valence-electron chi connectivity index (χ0n) is 10.8. The average Bonchev–Trinajstić information content (AvgIpc) is 2.64. The van der Waals surface area contributed by atoms with Crippen molar-refractivity contribution in [3.8, 4) is 11.4 Å². The molecule has 0 bridgehead atoms. The Hall–Kier alpha value is -2.08. The van der Waals surface area contributed by atoms with E-state index in [1.54, 1.807) is 11.7 Å². The van der Waals surface area contributed by atoms with Gasteiger partial charge in [-0.1, -0.05) is 12.1 Å². The van der Waals surface area contributed by atoms with Crippen LogP contribution in [0.4, 0.5) is 0 Å². The highest BCUT2D eigenvalue weighted by atomic mass is 16.5. The lowest BCUT2D eigenvalue weighted by Gasteiger charge is -2.06. The van der Waals surface area contributed by atoms with Crippen LogP contribution in [0, 0.1) is 0 Å². The quantitative estimate of drug-likeness (QED) is 0.837. The van der Waals surface area contributed by atoms with Gasteiger partial charge in [-0.05, 0) is 12.1 Å². The molecule has 0 saturated heterocycles. The lowest BCUT2D eigenvalue weighted by molar-refractivity contribution is 0.411. The molecule has 100 valence electrons. The molecule has 2 aromatic rings.